The molecule has 0 unspecified atom stereocenters. The predicted octanol–water partition coefficient (Wildman–Crippen LogP) is -4.75. The standard InChI is InChI=1S/C38H64N10O15/c1-5-19(4)30-38(63)45-24(16-28(54)55)35(60)43-22(14-26(50)51)33(58)41-20(10-6-8-12-39)31(56)46-25(17-49)36(61)44-23(15-27(52)53)34(59)42-21(11-7-9-13-40)32(57)47-29(18(2)3)37(62)48-30/h18-25,29-30,49H,5-17,39-40H2,1-4H3,(H,41,58)(H,42,59)(H,43,60)(H,44,61)(H,45,63)(H,46,56)(H,47,57)(H,48,62)(H,50,51)(H,52,53)(H,54,55)/t19-,20-,21-,22-,23-,24-,25-,29-,30-/m0/s1. The number of carbonyl (C=O) groups is 11. The molecule has 0 aromatic rings. The Labute approximate surface area is 363 Å². The zero-order valence-corrected chi connectivity index (χ0v) is 35.9. The first-order chi connectivity index (χ1) is 29.6. The highest BCUT2D eigenvalue weighted by Crippen LogP contribution is 2.13. The van der Waals surface area contributed by atoms with Crippen LogP contribution in [0.1, 0.15) is 91.9 Å². The van der Waals surface area contributed by atoms with Gasteiger partial charge in [0.15, 0.2) is 0 Å². The summed E-state index contributed by atoms with van der Waals surface area (Å²) in [6.07, 6.45) is -2.16. The quantitative estimate of drug-likeness (QED) is 0.0574. The summed E-state index contributed by atoms with van der Waals surface area (Å²) in [4.78, 5) is 145. The smallest absolute Gasteiger partial charge is 0.305 e. The Balaban J connectivity index is 3.99. The summed E-state index contributed by atoms with van der Waals surface area (Å²) < 4.78 is 0. The minimum atomic E-state index is -2.00. The topological polar surface area (TPSA) is 417 Å². The summed E-state index contributed by atoms with van der Waals surface area (Å²) in [6, 6.07) is -13.6. The number of nitrogens with one attached hydrogen (secondary N) is 8. The summed E-state index contributed by atoms with van der Waals surface area (Å²) in [5.74, 6) is -15.2. The van der Waals surface area contributed by atoms with Crippen LogP contribution >= 0.6 is 0 Å². The summed E-state index contributed by atoms with van der Waals surface area (Å²) in [5, 5.41) is 57.4. The second-order valence-electron chi connectivity index (χ2n) is 15.5. The van der Waals surface area contributed by atoms with Crippen molar-refractivity contribution in [2.45, 2.75) is 140 Å². The lowest BCUT2D eigenvalue weighted by Crippen LogP contribution is -2.63. The van der Waals surface area contributed by atoms with Crippen molar-refractivity contribution in [3.05, 3.63) is 0 Å². The van der Waals surface area contributed by atoms with Crippen LogP contribution in [0, 0.1) is 11.8 Å². The van der Waals surface area contributed by atoms with Crippen LogP contribution in [0.2, 0.25) is 0 Å². The number of amides is 8. The largest absolute Gasteiger partial charge is 0.481 e. The van der Waals surface area contributed by atoms with Gasteiger partial charge in [-0.2, -0.15) is 0 Å². The molecule has 9 atom stereocenters. The Morgan fingerprint density at radius 2 is 0.778 bits per heavy atom. The molecule has 0 bridgehead atoms. The van der Waals surface area contributed by atoms with E-state index in [1.54, 1.807) is 27.7 Å². The zero-order valence-electron chi connectivity index (χ0n) is 35.9. The summed E-state index contributed by atoms with van der Waals surface area (Å²) in [7, 11) is 0. The third kappa shape index (κ3) is 19.3. The second kappa shape index (κ2) is 27.9. The molecule has 0 spiro atoms. The van der Waals surface area contributed by atoms with Gasteiger partial charge in [-0.25, -0.2) is 0 Å². The van der Waals surface area contributed by atoms with E-state index in [2.05, 4.69) is 42.5 Å². The fraction of sp³-hybridized carbons (Fsp3) is 0.711. The van der Waals surface area contributed by atoms with E-state index < -0.39 is 151 Å². The van der Waals surface area contributed by atoms with E-state index in [4.69, 9.17) is 11.5 Å². The van der Waals surface area contributed by atoms with Crippen molar-refractivity contribution in [3.63, 3.8) is 0 Å². The maximum absolute atomic E-state index is 13.9. The molecule has 25 heteroatoms. The highest BCUT2D eigenvalue weighted by molar-refractivity contribution is 6.00. The summed E-state index contributed by atoms with van der Waals surface area (Å²) >= 11 is 0. The highest BCUT2D eigenvalue weighted by atomic mass is 16.4. The van der Waals surface area contributed by atoms with Crippen molar-refractivity contribution in [3.8, 4) is 0 Å². The first kappa shape index (κ1) is 55.1. The predicted molar refractivity (Wildman–Crippen MR) is 219 cm³/mol. The van der Waals surface area contributed by atoms with Crippen molar-refractivity contribution in [1.29, 1.82) is 0 Å². The van der Waals surface area contributed by atoms with E-state index in [-0.39, 0.29) is 45.2 Å². The Morgan fingerprint density at radius 1 is 0.476 bits per heavy atom. The lowest BCUT2D eigenvalue weighted by Gasteiger charge is -2.30. The number of carboxylic acids is 3. The minimum Gasteiger partial charge on any atom is -0.481 e. The normalized spacial score (nSPS) is 25.7. The molecule has 63 heavy (non-hydrogen) atoms. The Bertz CT molecular complexity index is 1650. The van der Waals surface area contributed by atoms with Crippen LogP contribution in [0.3, 0.4) is 0 Å². The van der Waals surface area contributed by atoms with Crippen LogP contribution in [-0.2, 0) is 52.7 Å². The van der Waals surface area contributed by atoms with Crippen molar-refractivity contribution < 1.29 is 73.2 Å². The average Bonchev–Trinajstić information content (AvgIpc) is 3.20. The van der Waals surface area contributed by atoms with Gasteiger partial charge in [-0.05, 0) is 63.5 Å². The molecular weight excluding hydrogens is 836 g/mol. The van der Waals surface area contributed by atoms with Gasteiger partial charge in [0.1, 0.15) is 48.3 Å². The number of hydrogen-bond donors (Lipinski definition) is 14. The number of hydrogen-bond acceptors (Lipinski definition) is 14. The fourth-order valence-corrected chi connectivity index (χ4v) is 6.23. The van der Waals surface area contributed by atoms with Crippen LogP contribution in [0.5, 0.6) is 0 Å². The minimum absolute atomic E-state index is 0.0835. The number of aliphatic hydroxyl groups is 1. The van der Waals surface area contributed by atoms with Gasteiger partial charge in [-0.1, -0.05) is 34.1 Å². The van der Waals surface area contributed by atoms with Gasteiger partial charge in [0, 0.05) is 0 Å². The monoisotopic (exact) mass is 900 g/mol. The average molecular weight is 901 g/mol. The molecule has 8 amide bonds. The highest BCUT2D eigenvalue weighted by Gasteiger charge is 2.38. The van der Waals surface area contributed by atoms with Crippen LogP contribution in [-0.4, -0.2) is 154 Å². The number of nitrogens with two attached hydrogens (primary N) is 2. The number of aliphatic carboxylic acids is 3. The molecule has 0 aliphatic carbocycles. The lowest BCUT2D eigenvalue weighted by molar-refractivity contribution is -0.144. The maximum Gasteiger partial charge on any atom is 0.305 e. The van der Waals surface area contributed by atoms with Crippen LogP contribution in [0.25, 0.3) is 0 Å². The van der Waals surface area contributed by atoms with Crippen LogP contribution in [0.4, 0.5) is 0 Å². The molecule has 25 nitrogen and oxygen atoms in total. The molecule has 1 aliphatic rings. The van der Waals surface area contributed by atoms with Crippen molar-refractivity contribution in [2.24, 2.45) is 23.3 Å². The third-order valence-corrected chi connectivity index (χ3v) is 10.1. The summed E-state index contributed by atoms with van der Waals surface area (Å²) in [5.41, 5.74) is 11.2. The van der Waals surface area contributed by atoms with Crippen molar-refractivity contribution in [2.75, 3.05) is 19.7 Å². The number of unbranched alkanes of at least 4 members (excludes halogenated alkanes) is 2. The van der Waals surface area contributed by atoms with E-state index in [1.165, 1.54) is 0 Å². The molecule has 1 aliphatic heterocycles. The lowest BCUT2D eigenvalue weighted by atomic mass is 9.95. The van der Waals surface area contributed by atoms with Crippen molar-refractivity contribution in [1.82, 2.24) is 42.5 Å². The van der Waals surface area contributed by atoms with E-state index in [0.717, 1.165) is 0 Å². The van der Waals surface area contributed by atoms with Gasteiger partial charge in [0.25, 0.3) is 0 Å². The number of aliphatic hydroxyl groups excluding tert-OH is 1. The molecule has 1 rings (SSSR count). The molecule has 0 saturated carbocycles. The van der Waals surface area contributed by atoms with Gasteiger partial charge < -0.3 is 74.4 Å². The van der Waals surface area contributed by atoms with Gasteiger partial charge in [0.05, 0.1) is 25.9 Å². The molecule has 0 radical (unpaired) electrons. The maximum atomic E-state index is 13.9. The van der Waals surface area contributed by atoms with Gasteiger partial charge >= 0.3 is 17.9 Å². The Hall–Kier alpha value is -5.95. The number of rotatable bonds is 18. The van der Waals surface area contributed by atoms with Gasteiger partial charge in [0.2, 0.25) is 47.3 Å². The molecule has 0 aromatic heterocycles. The van der Waals surface area contributed by atoms with E-state index in [0.29, 0.717) is 12.8 Å². The molecule has 1 heterocycles. The van der Waals surface area contributed by atoms with Gasteiger partial charge in [-0.15, -0.1) is 0 Å². The summed E-state index contributed by atoms with van der Waals surface area (Å²) in [6.45, 7) is 5.52. The molecule has 0 aromatic carbocycles. The van der Waals surface area contributed by atoms with E-state index in [1.807, 2.05) is 0 Å². The SMILES string of the molecule is CC[C@H](C)[C@@H]1NC(=O)[C@H](C(C)C)NC(=O)[C@H](CCCCN)NC(=O)[C@H](CC(=O)O)NC(=O)[C@H](CO)NC(=O)[C@H](CCCCN)NC(=O)[C@H](CC(=O)O)NC(=O)[C@H](CC(=O)O)NC1=O. The van der Waals surface area contributed by atoms with Gasteiger partial charge in [-0.3, -0.25) is 52.7 Å². The fourth-order valence-electron chi connectivity index (χ4n) is 6.23. The third-order valence-electron chi connectivity index (χ3n) is 10.1. The molecule has 1 fully saturated rings. The Morgan fingerprint density at radius 3 is 1.13 bits per heavy atom. The number of carboxylic acid groups (broad SMARTS) is 3. The molecule has 16 N–H and O–H groups in total. The molecule has 1 saturated heterocycles. The first-order valence-corrected chi connectivity index (χ1v) is 20.7. The molecule has 356 valence electrons. The number of carbonyl (C=O) groups excluding carboxylic acids is 8. The zero-order chi connectivity index (χ0) is 48.0. The van der Waals surface area contributed by atoms with E-state index >= 15 is 0 Å². The second-order valence-corrected chi connectivity index (χ2v) is 15.5. The van der Waals surface area contributed by atoms with Crippen LogP contribution < -0.4 is 54.0 Å². The first-order valence-electron chi connectivity index (χ1n) is 20.7. The molecular formula is C38H64N10O15. The van der Waals surface area contributed by atoms with Crippen molar-refractivity contribution >= 4 is 65.2 Å². The van der Waals surface area contributed by atoms with Crippen LogP contribution in [0.15, 0.2) is 0 Å². The Kier molecular flexibility index (Phi) is 24.4. The van der Waals surface area contributed by atoms with E-state index in [9.17, 15) is 73.2 Å².